The first kappa shape index (κ1) is 12.3. The standard InChI is InChI=1S/C14H18N2S/c1-3-11-10-15-8-7-12(11)14(16-4-2)13-6-5-9-17-13/h5-10,14,16H,3-4H2,1-2H3. The van der Waals surface area contributed by atoms with E-state index in [1.165, 1.54) is 16.0 Å². The molecule has 0 aliphatic carbocycles. The van der Waals surface area contributed by atoms with Crippen molar-refractivity contribution in [1.29, 1.82) is 0 Å². The molecule has 0 saturated carbocycles. The Hall–Kier alpha value is -1.19. The Morgan fingerprint density at radius 1 is 1.35 bits per heavy atom. The van der Waals surface area contributed by atoms with Crippen molar-refractivity contribution in [2.24, 2.45) is 0 Å². The largest absolute Gasteiger partial charge is 0.306 e. The number of nitrogens with zero attached hydrogens (tertiary/aromatic N) is 1. The van der Waals surface area contributed by atoms with Crippen LogP contribution in [-0.2, 0) is 6.42 Å². The molecular formula is C14H18N2S. The number of pyridine rings is 1. The van der Waals surface area contributed by atoms with E-state index in [0.717, 1.165) is 13.0 Å². The van der Waals surface area contributed by atoms with E-state index in [1.807, 2.05) is 12.4 Å². The maximum absolute atomic E-state index is 4.22. The summed E-state index contributed by atoms with van der Waals surface area (Å²) in [7, 11) is 0. The molecule has 0 spiro atoms. The van der Waals surface area contributed by atoms with Gasteiger partial charge in [-0.3, -0.25) is 4.98 Å². The summed E-state index contributed by atoms with van der Waals surface area (Å²) >= 11 is 1.80. The zero-order valence-electron chi connectivity index (χ0n) is 10.3. The van der Waals surface area contributed by atoms with Crippen molar-refractivity contribution in [2.75, 3.05) is 6.54 Å². The lowest BCUT2D eigenvalue weighted by molar-refractivity contribution is 0.633. The molecule has 1 atom stereocenters. The third-order valence-electron chi connectivity index (χ3n) is 2.87. The van der Waals surface area contributed by atoms with Crippen molar-refractivity contribution in [1.82, 2.24) is 10.3 Å². The fourth-order valence-corrected chi connectivity index (χ4v) is 2.86. The molecule has 0 bridgehead atoms. The molecule has 2 nitrogen and oxygen atoms in total. The van der Waals surface area contributed by atoms with Crippen LogP contribution >= 0.6 is 11.3 Å². The minimum absolute atomic E-state index is 0.304. The van der Waals surface area contributed by atoms with Gasteiger partial charge in [-0.1, -0.05) is 19.9 Å². The van der Waals surface area contributed by atoms with E-state index in [9.17, 15) is 0 Å². The Balaban J connectivity index is 2.39. The van der Waals surface area contributed by atoms with Gasteiger partial charge in [-0.2, -0.15) is 0 Å². The predicted molar refractivity (Wildman–Crippen MR) is 73.5 cm³/mol. The number of aryl methyl sites for hydroxylation is 1. The molecule has 17 heavy (non-hydrogen) atoms. The van der Waals surface area contributed by atoms with E-state index in [-0.39, 0.29) is 0 Å². The van der Waals surface area contributed by atoms with Gasteiger partial charge in [0.25, 0.3) is 0 Å². The van der Waals surface area contributed by atoms with Gasteiger partial charge in [0.2, 0.25) is 0 Å². The van der Waals surface area contributed by atoms with Crippen molar-refractivity contribution < 1.29 is 0 Å². The lowest BCUT2D eigenvalue weighted by Crippen LogP contribution is -2.22. The summed E-state index contributed by atoms with van der Waals surface area (Å²) < 4.78 is 0. The highest BCUT2D eigenvalue weighted by Crippen LogP contribution is 2.28. The molecule has 1 unspecified atom stereocenters. The van der Waals surface area contributed by atoms with Gasteiger partial charge < -0.3 is 5.32 Å². The smallest absolute Gasteiger partial charge is 0.0674 e. The average molecular weight is 246 g/mol. The van der Waals surface area contributed by atoms with Crippen LogP contribution in [0.4, 0.5) is 0 Å². The summed E-state index contributed by atoms with van der Waals surface area (Å²) in [4.78, 5) is 5.58. The monoisotopic (exact) mass is 246 g/mol. The third kappa shape index (κ3) is 2.73. The maximum Gasteiger partial charge on any atom is 0.0674 e. The highest BCUT2D eigenvalue weighted by molar-refractivity contribution is 7.10. The first-order valence-corrected chi connectivity index (χ1v) is 6.94. The fourth-order valence-electron chi connectivity index (χ4n) is 2.04. The Bertz CT molecular complexity index is 451. The van der Waals surface area contributed by atoms with Gasteiger partial charge >= 0.3 is 0 Å². The summed E-state index contributed by atoms with van der Waals surface area (Å²) in [5.41, 5.74) is 2.68. The van der Waals surface area contributed by atoms with E-state index in [4.69, 9.17) is 0 Å². The Morgan fingerprint density at radius 3 is 2.88 bits per heavy atom. The molecule has 0 amide bonds. The Morgan fingerprint density at radius 2 is 2.24 bits per heavy atom. The van der Waals surface area contributed by atoms with Gasteiger partial charge in [0.1, 0.15) is 0 Å². The lowest BCUT2D eigenvalue weighted by atomic mass is 9.99. The van der Waals surface area contributed by atoms with Crippen LogP contribution in [0.3, 0.4) is 0 Å². The average Bonchev–Trinajstić information content (AvgIpc) is 2.89. The molecule has 2 aromatic heterocycles. The zero-order valence-corrected chi connectivity index (χ0v) is 11.1. The van der Waals surface area contributed by atoms with Crippen molar-refractivity contribution in [2.45, 2.75) is 26.3 Å². The van der Waals surface area contributed by atoms with E-state index >= 15 is 0 Å². The highest BCUT2D eigenvalue weighted by Gasteiger charge is 2.16. The van der Waals surface area contributed by atoms with Gasteiger partial charge in [0, 0.05) is 17.3 Å². The molecule has 0 aliphatic heterocycles. The van der Waals surface area contributed by atoms with Crippen LogP contribution < -0.4 is 5.32 Å². The maximum atomic E-state index is 4.22. The molecule has 2 rings (SSSR count). The topological polar surface area (TPSA) is 24.9 Å². The first-order valence-electron chi connectivity index (χ1n) is 6.06. The highest BCUT2D eigenvalue weighted by atomic mass is 32.1. The van der Waals surface area contributed by atoms with Crippen molar-refractivity contribution in [3.05, 3.63) is 52.0 Å². The summed E-state index contributed by atoms with van der Waals surface area (Å²) in [6, 6.07) is 6.74. The van der Waals surface area contributed by atoms with Gasteiger partial charge in [-0.25, -0.2) is 0 Å². The van der Waals surface area contributed by atoms with E-state index in [0.29, 0.717) is 6.04 Å². The van der Waals surface area contributed by atoms with E-state index in [1.54, 1.807) is 11.3 Å². The molecule has 0 aromatic carbocycles. The quantitative estimate of drug-likeness (QED) is 0.874. The summed E-state index contributed by atoms with van der Waals surface area (Å²) in [6.45, 7) is 5.29. The minimum atomic E-state index is 0.304. The predicted octanol–water partition coefficient (Wildman–Crippen LogP) is 3.40. The van der Waals surface area contributed by atoms with Crippen LogP contribution in [0.15, 0.2) is 36.0 Å². The van der Waals surface area contributed by atoms with Gasteiger partial charge in [-0.05, 0) is 41.6 Å². The normalized spacial score (nSPS) is 12.6. The van der Waals surface area contributed by atoms with Crippen LogP contribution in [0.5, 0.6) is 0 Å². The van der Waals surface area contributed by atoms with Gasteiger partial charge in [0.15, 0.2) is 0 Å². The van der Waals surface area contributed by atoms with Crippen LogP contribution in [0.25, 0.3) is 0 Å². The molecule has 0 saturated heterocycles. The van der Waals surface area contributed by atoms with Gasteiger partial charge in [-0.15, -0.1) is 11.3 Å². The second-order valence-corrected chi connectivity index (χ2v) is 4.91. The Kier molecular flexibility index (Phi) is 4.29. The number of hydrogen-bond donors (Lipinski definition) is 1. The molecule has 0 aliphatic rings. The zero-order chi connectivity index (χ0) is 12.1. The summed E-state index contributed by atoms with van der Waals surface area (Å²) in [5.74, 6) is 0. The SMILES string of the molecule is CCNC(c1cccs1)c1ccncc1CC. The third-order valence-corrected chi connectivity index (χ3v) is 3.81. The lowest BCUT2D eigenvalue weighted by Gasteiger charge is -2.19. The molecular weight excluding hydrogens is 228 g/mol. The first-order chi connectivity index (χ1) is 8.36. The van der Waals surface area contributed by atoms with Crippen molar-refractivity contribution in [3.8, 4) is 0 Å². The molecule has 0 radical (unpaired) electrons. The number of thiophene rings is 1. The number of aromatic nitrogens is 1. The molecule has 2 aromatic rings. The summed E-state index contributed by atoms with van der Waals surface area (Å²) in [6.07, 6.45) is 4.89. The molecule has 3 heteroatoms. The van der Waals surface area contributed by atoms with Gasteiger partial charge in [0.05, 0.1) is 6.04 Å². The van der Waals surface area contributed by atoms with Crippen LogP contribution in [0, 0.1) is 0 Å². The number of rotatable bonds is 5. The van der Waals surface area contributed by atoms with E-state index in [2.05, 4.69) is 47.7 Å². The second kappa shape index (κ2) is 5.94. The van der Waals surface area contributed by atoms with Crippen LogP contribution in [0.1, 0.15) is 35.9 Å². The molecule has 90 valence electrons. The molecule has 1 N–H and O–H groups in total. The second-order valence-electron chi connectivity index (χ2n) is 3.93. The van der Waals surface area contributed by atoms with E-state index < -0.39 is 0 Å². The molecule has 2 heterocycles. The minimum Gasteiger partial charge on any atom is -0.306 e. The van der Waals surface area contributed by atoms with Crippen LogP contribution in [-0.4, -0.2) is 11.5 Å². The number of nitrogens with one attached hydrogen (secondary N) is 1. The molecule has 0 fully saturated rings. The van der Waals surface area contributed by atoms with Crippen LogP contribution in [0.2, 0.25) is 0 Å². The van der Waals surface area contributed by atoms with Crippen molar-refractivity contribution in [3.63, 3.8) is 0 Å². The summed E-state index contributed by atoms with van der Waals surface area (Å²) in [5, 5.41) is 5.69. The Labute approximate surface area is 107 Å². The fraction of sp³-hybridized carbons (Fsp3) is 0.357. The number of hydrogen-bond acceptors (Lipinski definition) is 3. The van der Waals surface area contributed by atoms with Crippen molar-refractivity contribution >= 4 is 11.3 Å².